The van der Waals surface area contributed by atoms with Gasteiger partial charge in [0.2, 0.25) is 0 Å². The maximum Gasteiger partial charge on any atom is 0.486 e. The first-order valence-corrected chi connectivity index (χ1v) is 6.50. The van der Waals surface area contributed by atoms with Gasteiger partial charge in [-0.1, -0.05) is 12.1 Å². The van der Waals surface area contributed by atoms with Crippen molar-refractivity contribution in [1.29, 1.82) is 0 Å². The number of allylic oxidation sites excluding steroid dienone is 1. The SMILES string of the molecule is COC(=O)CCC/C=C/B1OC(C)CC(C)(C)O1. The summed E-state index contributed by atoms with van der Waals surface area (Å²) >= 11 is 0. The van der Waals surface area contributed by atoms with Crippen LogP contribution in [0.4, 0.5) is 0 Å². The molecule has 1 heterocycles. The fraction of sp³-hybridized carbons (Fsp3) is 0.769. The Morgan fingerprint density at radius 1 is 1.56 bits per heavy atom. The van der Waals surface area contributed by atoms with E-state index in [0.717, 1.165) is 19.3 Å². The molecule has 1 unspecified atom stereocenters. The smallest absolute Gasteiger partial charge is 0.469 e. The molecule has 0 aromatic carbocycles. The monoisotopic (exact) mass is 254 g/mol. The van der Waals surface area contributed by atoms with Gasteiger partial charge >= 0.3 is 13.1 Å². The third-order valence-corrected chi connectivity index (χ3v) is 2.85. The summed E-state index contributed by atoms with van der Waals surface area (Å²) in [4.78, 5) is 10.9. The van der Waals surface area contributed by atoms with E-state index in [4.69, 9.17) is 9.31 Å². The van der Waals surface area contributed by atoms with Crippen LogP contribution in [-0.4, -0.2) is 31.9 Å². The highest BCUT2D eigenvalue weighted by Crippen LogP contribution is 2.26. The van der Waals surface area contributed by atoms with E-state index in [1.165, 1.54) is 7.11 Å². The van der Waals surface area contributed by atoms with Crippen molar-refractivity contribution in [2.45, 2.75) is 58.2 Å². The van der Waals surface area contributed by atoms with Gasteiger partial charge in [0, 0.05) is 12.5 Å². The van der Waals surface area contributed by atoms with Crippen LogP contribution in [0.3, 0.4) is 0 Å². The second-order valence-electron chi connectivity index (χ2n) is 5.29. The molecule has 4 nitrogen and oxygen atoms in total. The minimum Gasteiger partial charge on any atom is -0.469 e. The van der Waals surface area contributed by atoms with Gasteiger partial charge in [-0.3, -0.25) is 4.79 Å². The molecule has 102 valence electrons. The molecule has 0 aromatic rings. The van der Waals surface area contributed by atoms with E-state index in [1.807, 2.05) is 12.1 Å². The molecule has 0 spiro atoms. The Labute approximate surface area is 110 Å². The fourth-order valence-electron chi connectivity index (χ4n) is 2.12. The highest BCUT2D eigenvalue weighted by Gasteiger charge is 2.35. The number of methoxy groups -OCH3 is 1. The largest absolute Gasteiger partial charge is 0.486 e. The predicted octanol–water partition coefficient (Wildman–Crippen LogP) is 2.52. The van der Waals surface area contributed by atoms with Crippen LogP contribution in [0, 0.1) is 0 Å². The summed E-state index contributed by atoms with van der Waals surface area (Å²) in [6.45, 7) is 6.20. The lowest BCUT2D eigenvalue weighted by Crippen LogP contribution is -2.45. The van der Waals surface area contributed by atoms with Crippen LogP contribution in [0.1, 0.15) is 46.5 Å². The molecule has 1 aliphatic rings. The Morgan fingerprint density at radius 3 is 2.89 bits per heavy atom. The maximum absolute atomic E-state index is 10.9. The van der Waals surface area contributed by atoms with E-state index in [2.05, 4.69) is 25.5 Å². The Kier molecular flexibility index (Phi) is 5.89. The molecule has 1 atom stereocenters. The number of carbonyl (C=O) groups is 1. The summed E-state index contributed by atoms with van der Waals surface area (Å²) in [7, 11) is 1.13. The molecule has 18 heavy (non-hydrogen) atoms. The lowest BCUT2D eigenvalue weighted by molar-refractivity contribution is -0.140. The summed E-state index contributed by atoms with van der Waals surface area (Å²) in [6.07, 6.45) is 5.18. The van der Waals surface area contributed by atoms with Crippen molar-refractivity contribution in [1.82, 2.24) is 0 Å². The van der Waals surface area contributed by atoms with E-state index < -0.39 is 0 Å². The highest BCUT2D eigenvalue weighted by molar-refractivity contribution is 6.51. The predicted molar refractivity (Wildman–Crippen MR) is 71.1 cm³/mol. The third-order valence-electron chi connectivity index (χ3n) is 2.85. The van der Waals surface area contributed by atoms with Gasteiger partial charge in [0.05, 0.1) is 12.7 Å². The molecule has 1 rings (SSSR count). The first-order valence-electron chi connectivity index (χ1n) is 6.50. The molecule has 0 radical (unpaired) electrons. The van der Waals surface area contributed by atoms with Crippen LogP contribution in [0.2, 0.25) is 0 Å². The fourth-order valence-corrected chi connectivity index (χ4v) is 2.12. The zero-order valence-electron chi connectivity index (χ0n) is 11.8. The van der Waals surface area contributed by atoms with E-state index in [1.54, 1.807) is 0 Å². The number of ether oxygens (including phenoxy) is 1. The average Bonchev–Trinajstić information content (AvgIpc) is 2.25. The molecule has 0 saturated carbocycles. The minimum absolute atomic E-state index is 0.140. The second-order valence-corrected chi connectivity index (χ2v) is 5.29. The highest BCUT2D eigenvalue weighted by atomic mass is 16.6. The van der Waals surface area contributed by atoms with Crippen molar-refractivity contribution in [2.24, 2.45) is 0 Å². The van der Waals surface area contributed by atoms with Crippen LogP contribution in [0.15, 0.2) is 12.1 Å². The molecule has 0 amide bonds. The number of hydrogen-bond donors (Lipinski definition) is 0. The van der Waals surface area contributed by atoms with Gasteiger partial charge < -0.3 is 14.0 Å². The lowest BCUT2D eigenvalue weighted by atomic mass is 9.82. The number of rotatable bonds is 5. The van der Waals surface area contributed by atoms with Crippen LogP contribution < -0.4 is 0 Å². The molecule has 0 bridgehead atoms. The Morgan fingerprint density at radius 2 is 2.28 bits per heavy atom. The van der Waals surface area contributed by atoms with E-state index in [9.17, 15) is 4.79 Å². The van der Waals surface area contributed by atoms with Crippen molar-refractivity contribution >= 4 is 13.1 Å². The summed E-state index contributed by atoms with van der Waals surface area (Å²) in [5.74, 6) is 1.76. The molecule has 1 aliphatic heterocycles. The molecule has 1 fully saturated rings. The quantitative estimate of drug-likeness (QED) is 0.429. The topological polar surface area (TPSA) is 44.8 Å². The average molecular weight is 254 g/mol. The lowest BCUT2D eigenvalue weighted by Gasteiger charge is -2.37. The zero-order chi connectivity index (χ0) is 13.6. The van der Waals surface area contributed by atoms with E-state index in [0.29, 0.717) is 6.42 Å². The summed E-state index contributed by atoms with van der Waals surface area (Å²) in [5, 5.41) is 0. The zero-order valence-corrected chi connectivity index (χ0v) is 11.8. The number of esters is 1. The second kappa shape index (κ2) is 6.95. The van der Waals surface area contributed by atoms with Gasteiger partial charge in [0.1, 0.15) is 0 Å². The van der Waals surface area contributed by atoms with Crippen LogP contribution in [0.25, 0.3) is 0 Å². The van der Waals surface area contributed by atoms with Gasteiger partial charge in [-0.25, -0.2) is 0 Å². The molecule has 0 aromatic heterocycles. The van der Waals surface area contributed by atoms with E-state index in [-0.39, 0.29) is 24.8 Å². The maximum atomic E-state index is 10.9. The molecular weight excluding hydrogens is 231 g/mol. The van der Waals surface area contributed by atoms with Gasteiger partial charge in [-0.05, 0) is 40.0 Å². The van der Waals surface area contributed by atoms with Crippen LogP contribution in [0.5, 0.6) is 0 Å². The molecular formula is C13H23BO4. The Bertz CT molecular complexity index is 301. The van der Waals surface area contributed by atoms with Crippen molar-refractivity contribution < 1.29 is 18.8 Å². The van der Waals surface area contributed by atoms with Gasteiger partial charge in [-0.15, -0.1) is 0 Å². The summed E-state index contributed by atoms with van der Waals surface area (Å²) < 4.78 is 16.0. The van der Waals surface area contributed by atoms with E-state index >= 15 is 0 Å². The number of unbranched alkanes of at least 4 members (excludes halogenated alkanes) is 1. The molecule has 1 saturated heterocycles. The first-order chi connectivity index (χ1) is 8.43. The minimum atomic E-state index is -0.276. The normalized spacial score (nSPS) is 23.3. The van der Waals surface area contributed by atoms with Crippen molar-refractivity contribution in [3.63, 3.8) is 0 Å². The molecule has 0 N–H and O–H groups in total. The Hall–Kier alpha value is -0.805. The van der Waals surface area contributed by atoms with Crippen molar-refractivity contribution in [3.05, 3.63) is 12.1 Å². The van der Waals surface area contributed by atoms with Crippen LogP contribution >= 0.6 is 0 Å². The number of carbonyl (C=O) groups excluding carboxylic acids is 1. The molecule has 5 heteroatoms. The van der Waals surface area contributed by atoms with Crippen molar-refractivity contribution in [2.75, 3.05) is 7.11 Å². The molecule has 0 aliphatic carbocycles. The summed E-state index contributed by atoms with van der Waals surface area (Å²) in [6, 6.07) is 0. The first kappa shape index (κ1) is 15.3. The standard InChI is InChI=1S/C13H23BO4/c1-11-10-13(2,3)18-14(17-11)9-7-5-6-8-12(15)16-4/h7,9,11H,5-6,8,10H2,1-4H3/b9-7+. The van der Waals surface area contributed by atoms with Gasteiger partial charge in [0.15, 0.2) is 0 Å². The number of hydrogen-bond acceptors (Lipinski definition) is 4. The van der Waals surface area contributed by atoms with Gasteiger partial charge in [0.25, 0.3) is 0 Å². The van der Waals surface area contributed by atoms with Crippen LogP contribution in [-0.2, 0) is 18.8 Å². The van der Waals surface area contributed by atoms with Gasteiger partial charge in [-0.2, -0.15) is 0 Å². The van der Waals surface area contributed by atoms with Crippen molar-refractivity contribution in [3.8, 4) is 0 Å². The Balaban J connectivity index is 2.27. The third kappa shape index (κ3) is 5.69. The summed E-state index contributed by atoms with van der Waals surface area (Å²) in [5.41, 5.74) is -0.140.